The Bertz CT molecular complexity index is 234. The van der Waals surface area contributed by atoms with E-state index in [2.05, 4.69) is 11.8 Å². The first-order chi connectivity index (χ1) is 10.2. The molecule has 0 aliphatic heterocycles. The van der Waals surface area contributed by atoms with Crippen LogP contribution in [0.3, 0.4) is 0 Å². The number of unbranched alkanes of at least 4 members (excludes halogenated alkanes) is 4. The predicted molar refractivity (Wildman–Crippen MR) is 84.5 cm³/mol. The van der Waals surface area contributed by atoms with Crippen molar-refractivity contribution in [2.45, 2.75) is 45.4 Å². The monoisotopic (exact) mass is 303 g/mol. The molecule has 0 aromatic heterocycles. The van der Waals surface area contributed by atoms with Gasteiger partial charge < -0.3 is 19.1 Å². The van der Waals surface area contributed by atoms with Crippen LogP contribution in [0.15, 0.2) is 0 Å². The molecular weight excluding hydrogens is 270 g/mol. The highest BCUT2D eigenvalue weighted by Gasteiger charge is 2.02. The van der Waals surface area contributed by atoms with Gasteiger partial charge >= 0.3 is 5.97 Å². The average molecular weight is 303 g/mol. The van der Waals surface area contributed by atoms with Crippen molar-refractivity contribution in [3.8, 4) is 0 Å². The maximum atomic E-state index is 11.4. The second kappa shape index (κ2) is 15.7. The van der Waals surface area contributed by atoms with Crippen molar-refractivity contribution >= 4 is 5.97 Å². The lowest BCUT2D eigenvalue weighted by Crippen LogP contribution is -2.19. The highest BCUT2D eigenvalue weighted by Crippen LogP contribution is 2.05. The van der Waals surface area contributed by atoms with Crippen molar-refractivity contribution in [2.24, 2.45) is 0 Å². The number of hydrogen-bond donors (Lipinski definition) is 0. The molecule has 0 unspecified atom stereocenters. The fourth-order valence-corrected chi connectivity index (χ4v) is 1.73. The lowest BCUT2D eigenvalue weighted by Gasteiger charge is -2.10. The van der Waals surface area contributed by atoms with Crippen LogP contribution in [0.4, 0.5) is 0 Å². The summed E-state index contributed by atoms with van der Waals surface area (Å²) < 4.78 is 15.8. The largest absolute Gasteiger partial charge is 0.463 e. The minimum atomic E-state index is -0.114. The van der Waals surface area contributed by atoms with E-state index in [1.54, 1.807) is 0 Å². The maximum Gasteiger partial charge on any atom is 0.305 e. The molecule has 0 spiro atoms. The molecule has 0 atom stereocenters. The Kier molecular flexibility index (Phi) is 15.2. The summed E-state index contributed by atoms with van der Waals surface area (Å²) in [6.07, 6.45) is 6.25. The molecule has 0 fully saturated rings. The third-order valence-corrected chi connectivity index (χ3v) is 3.03. The van der Waals surface area contributed by atoms with Crippen molar-refractivity contribution in [2.75, 3.05) is 53.7 Å². The smallest absolute Gasteiger partial charge is 0.305 e. The Morgan fingerprint density at radius 3 is 2.14 bits per heavy atom. The first-order valence-electron chi connectivity index (χ1n) is 8.12. The molecule has 0 radical (unpaired) electrons. The Labute approximate surface area is 129 Å². The topological polar surface area (TPSA) is 48.0 Å². The zero-order chi connectivity index (χ0) is 15.8. The molecule has 0 heterocycles. The van der Waals surface area contributed by atoms with Gasteiger partial charge in [-0.3, -0.25) is 4.79 Å². The number of likely N-dealkylation sites (N-methyl/N-ethyl adjacent to an activating group) is 1. The standard InChI is InChI=1S/C16H33NO4/c1-4-5-6-7-8-9-16(18)21-15-14-20-13-12-19-11-10-17(2)3/h4-15H2,1-3H3. The molecule has 0 aromatic rings. The van der Waals surface area contributed by atoms with E-state index in [-0.39, 0.29) is 5.97 Å². The summed E-state index contributed by atoms with van der Waals surface area (Å²) in [4.78, 5) is 13.5. The van der Waals surface area contributed by atoms with Gasteiger partial charge in [0.05, 0.1) is 26.4 Å². The first kappa shape index (κ1) is 20.3. The van der Waals surface area contributed by atoms with Gasteiger partial charge in [-0.15, -0.1) is 0 Å². The van der Waals surface area contributed by atoms with Gasteiger partial charge in [0.2, 0.25) is 0 Å². The molecule has 0 rings (SSSR count). The summed E-state index contributed by atoms with van der Waals surface area (Å²) >= 11 is 0. The van der Waals surface area contributed by atoms with E-state index in [0.717, 1.165) is 19.4 Å². The number of carbonyl (C=O) groups is 1. The van der Waals surface area contributed by atoms with E-state index >= 15 is 0 Å². The van der Waals surface area contributed by atoms with Gasteiger partial charge in [0, 0.05) is 13.0 Å². The third-order valence-electron chi connectivity index (χ3n) is 3.03. The van der Waals surface area contributed by atoms with Crippen LogP contribution in [0, 0.1) is 0 Å². The van der Waals surface area contributed by atoms with Crippen molar-refractivity contribution < 1.29 is 19.0 Å². The molecular formula is C16H33NO4. The number of carbonyl (C=O) groups excluding carboxylic acids is 1. The van der Waals surface area contributed by atoms with E-state index in [9.17, 15) is 4.79 Å². The number of nitrogens with zero attached hydrogens (tertiary/aromatic N) is 1. The second-order valence-corrected chi connectivity index (χ2v) is 5.41. The lowest BCUT2D eigenvalue weighted by atomic mass is 10.1. The van der Waals surface area contributed by atoms with Gasteiger partial charge in [-0.1, -0.05) is 32.6 Å². The Morgan fingerprint density at radius 2 is 1.48 bits per heavy atom. The Balaban J connectivity index is 3.14. The average Bonchev–Trinajstić information content (AvgIpc) is 2.45. The fraction of sp³-hybridized carbons (Fsp3) is 0.938. The van der Waals surface area contributed by atoms with Gasteiger partial charge in [-0.05, 0) is 20.5 Å². The molecule has 0 saturated heterocycles. The van der Waals surface area contributed by atoms with Gasteiger partial charge in [-0.2, -0.15) is 0 Å². The number of ether oxygens (including phenoxy) is 3. The molecule has 0 aromatic carbocycles. The van der Waals surface area contributed by atoms with E-state index in [1.165, 1.54) is 19.3 Å². The van der Waals surface area contributed by atoms with E-state index in [0.29, 0.717) is 39.5 Å². The molecule has 126 valence electrons. The first-order valence-corrected chi connectivity index (χ1v) is 8.12. The highest BCUT2D eigenvalue weighted by molar-refractivity contribution is 5.69. The van der Waals surface area contributed by atoms with Crippen LogP contribution in [-0.2, 0) is 19.0 Å². The molecule has 0 bridgehead atoms. The van der Waals surface area contributed by atoms with Crippen LogP contribution in [-0.4, -0.2) is 64.5 Å². The zero-order valence-corrected chi connectivity index (χ0v) is 14.1. The van der Waals surface area contributed by atoms with E-state index in [4.69, 9.17) is 14.2 Å². The molecule has 0 aliphatic rings. The van der Waals surface area contributed by atoms with E-state index < -0.39 is 0 Å². The summed E-state index contributed by atoms with van der Waals surface area (Å²) in [7, 11) is 4.02. The summed E-state index contributed by atoms with van der Waals surface area (Å²) in [6.45, 7) is 5.71. The quantitative estimate of drug-likeness (QED) is 0.343. The Hall–Kier alpha value is -0.650. The van der Waals surface area contributed by atoms with Crippen LogP contribution in [0.1, 0.15) is 45.4 Å². The number of hydrogen-bond acceptors (Lipinski definition) is 5. The minimum Gasteiger partial charge on any atom is -0.463 e. The van der Waals surface area contributed by atoms with Gasteiger partial charge in [0.1, 0.15) is 6.61 Å². The minimum absolute atomic E-state index is 0.114. The number of rotatable bonds is 15. The van der Waals surface area contributed by atoms with Gasteiger partial charge in [0.15, 0.2) is 0 Å². The van der Waals surface area contributed by atoms with Crippen molar-refractivity contribution in [3.63, 3.8) is 0 Å². The summed E-state index contributed by atoms with van der Waals surface area (Å²) in [6, 6.07) is 0. The van der Waals surface area contributed by atoms with E-state index in [1.807, 2.05) is 14.1 Å². The Morgan fingerprint density at radius 1 is 0.857 bits per heavy atom. The van der Waals surface area contributed by atoms with Crippen LogP contribution in [0.2, 0.25) is 0 Å². The summed E-state index contributed by atoms with van der Waals surface area (Å²) in [5.41, 5.74) is 0. The molecule has 0 saturated carbocycles. The lowest BCUT2D eigenvalue weighted by molar-refractivity contribution is -0.145. The van der Waals surface area contributed by atoms with Gasteiger partial charge in [-0.25, -0.2) is 0 Å². The zero-order valence-electron chi connectivity index (χ0n) is 14.1. The predicted octanol–water partition coefficient (Wildman–Crippen LogP) is 2.48. The van der Waals surface area contributed by atoms with Crippen molar-refractivity contribution in [1.29, 1.82) is 0 Å². The van der Waals surface area contributed by atoms with Crippen LogP contribution in [0.25, 0.3) is 0 Å². The second-order valence-electron chi connectivity index (χ2n) is 5.41. The van der Waals surface area contributed by atoms with Crippen LogP contribution in [0.5, 0.6) is 0 Å². The summed E-state index contributed by atoms with van der Waals surface area (Å²) in [5.74, 6) is -0.114. The van der Waals surface area contributed by atoms with Crippen molar-refractivity contribution in [3.05, 3.63) is 0 Å². The highest BCUT2D eigenvalue weighted by atomic mass is 16.6. The molecule has 5 nitrogen and oxygen atoms in total. The molecule has 0 N–H and O–H groups in total. The summed E-state index contributed by atoms with van der Waals surface area (Å²) in [5, 5.41) is 0. The molecule has 0 aliphatic carbocycles. The molecule has 21 heavy (non-hydrogen) atoms. The SMILES string of the molecule is CCCCCCCC(=O)OCCOCCOCCN(C)C. The molecule has 5 heteroatoms. The fourth-order valence-electron chi connectivity index (χ4n) is 1.73. The maximum absolute atomic E-state index is 11.4. The van der Waals surface area contributed by atoms with Crippen molar-refractivity contribution in [1.82, 2.24) is 4.90 Å². The van der Waals surface area contributed by atoms with Gasteiger partial charge in [0.25, 0.3) is 0 Å². The number of esters is 1. The normalized spacial score (nSPS) is 11.0. The van der Waals surface area contributed by atoms with Crippen LogP contribution >= 0.6 is 0 Å². The molecule has 0 amide bonds. The third kappa shape index (κ3) is 17.3. The van der Waals surface area contributed by atoms with Crippen LogP contribution < -0.4 is 0 Å².